The largest absolute Gasteiger partial charge is 0.397 e. The minimum Gasteiger partial charge on any atom is -0.397 e. The number of carbonyl (C=O) groups is 1. The van der Waals surface area contributed by atoms with Gasteiger partial charge in [-0.25, -0.2) is 0 Å². The lowest BCUT2D eigenvalue weighted by Crippen LogP contribution is -2.18. The van der Waals surface area contributed by atoms with Crippen LogP contribution >= 0.6 is 15.9 Å². The maximum absolute atomic E-state index is 11.4. The van der Waals surface area contributed by atoms with E-state index in [9.17, 15) is 4.79 Å². The summed E-state index contributed by atoms with van der Waals surface area (Å²) in [6, 6.07) is 12.0. The molecule has 0 aliphatic carbocycles. The Bertz CT molecular complexity index is 697. The summed E-state index contributed by atoms with van der Waals surface area (Å²) in [4.78, 5) is 13.5. The summed E-state index contributed by atoms with van der Waals surface area (Å²) in [5.74, 6) is 0.0251. The molecule has 3 N–H and O–H groups in total. The standard InChI is InChI=1S/C16H16BrN3O/c1-20(9-10-2-4-12(17)5-3-10)15-8-14-11(6-13(15)18)7-16(21)19-14/h2-6,8H,7,9,18H2,1H3,(H,19,21). The van der Waals surface area contributed by atoms with E-state index in [2.05, 4.69) is 38.3 Å². The molecule has 21 heavy (non-hydrogen) atoms. The van der Waals surface area contributed by atoms with Gasteiger partial charge in [-0.1, -0.05) is 28.1 Å². The Morgan fingerprint density at radius 1 is 1.29 bits per heavy atom. The van der Waals surface area contributed by atoms with E-state index in [1.54, 1.807) is 0 Å². The molecule has 0 atom stereocenters. The van der Waals surface area contributed by atoms with Crippen molar-refractivity contribution < 1.29 is 4.79 Å². The minimum atomic E-state index is 0.0251. The fourth-order valence-corrected chi connectivity index (χ4v) is 2.83. The number of hydrogen-bond acceptors (Lipinski definition) is 3. The third kappa shape index (κ3) is 2.88. The molecule has 108 valence electrons. The molecule has 2 aromatic rings. The first-order chi connectivity index (χ1) is 10.0. The Morgan fingerprint density at radius 2 is 2.00 bits per heavy atom. The number of anilines is 3. The summed E-state index contributed by atoms with van der Waals surface area (Å²) in [7, 11) is 2.00. The molecule has 4 nitrogen and oxygen atoms in total. The second kappa shape index (κ2) is 5.41. The normalized spacial score (nSPS) is 13.0. The summed E-state index contributed by atoms with van der Waals surface area (Å²) in [5, 5.41) is 2.86. The zero-order chi connectivity index (χ0) is 15.0. The average molecular weight is 346 g/mol. The van der Waals surface area contributed by atoms with Gasteiger partial charge >= 0.3 is 0 Å². The Labute approximate surface area is 132 Å². The summed E-state index contributed by atoms with van der Waals surface area (Å²) < 4.78 is 1.06. The summed E-state index contributed by atoms with van der Waals surface area (Å²) in [6.45, 7) is 0.754. The van der Waals surface area contributed by atoms with Crippen molar-refractivity contribution in [1.29, 1.82) is 0 Å². The van der Waals surface area contributed by atoms with E-state index >= 15 is 0 Å². The van der Waals surface area contributed by atoms with Crippen molar-refractivity contribution >= 4 is 38.9 Å². The summed E-state index contributed by atoms with van der Waals surface area (Å²) >= 11 is 3.43. The van der Waals surface area contributed by atoms with Crippen molar-refractivity contribution in [3.8, 4) is 0 Å². The number of nitrogen functional groups attached to an aromatic ring is 1. The summed E-state index contributed by atoms with van der Waals surface area (Å²) in [6.07, 6.45) is 0.413. The van der Waals surface area contributed by atoms with Gasteiger partial charge in [0.25, 0.3) is 0 Å². The van der Waals surface area contributed by atoms with Crippen LogP contribution in [0.2, 0.25) is 0 Å². The molecule has 0 fully saturated rings. The van der Waals surface area contributed by atoms with E-state index in [0.717, 1.165) is 28.0 Å². The summed E-state index contributed by atoms with van der Waals surface area (Å²) in [5.41, 5.74) is 10.8. The van der Waals surface area contributed by atoms with Crippen molar-refractivity contribution in [3.63, 3.8) is 0 Å². The highest BCUT2D eigenvalue weighted by Crippen LogP contribution is 2.33. The van der Waals surface area contributed by atoms with E-state index in [0.29, 0.717) is 12.1 Å². The van der Waals surface area contributed by atoms with Gasteiger partial charge in [-0.05, 0) is 35.4 Å². The highest BCUT2D eigenvalue weighted by Gasteiger charge is 2.20. The Morgan fingerprint density at radius 3 is 2.71 bits per heavy atom. The van der Waals surface area contributed by atoms with Crippen molar-refractivity contribution in [2.24, 2.45) is 0 Å². The smallest absolute Gasteiger partial charge is 0.228 e. The third-order valence-electron chi connectivity index (χ3n) is 3.62. The lowest BCUT2D eigenvalue weighted by molar-refractivity contribution is -0.115. The zero-order valence-corrected chi connectivity index (χ0v) is 13.3. The molecule has 1 amide bonds. The molecule has 0 unspecified atom stereocenters. The van der Waals surface area contributed by atoms with Gasteiger partial charge in [0, 0.05) is 23.8 Å². The number of hydrogen-bond donors (Lipinski definition) is 2. The molecule has 1 aliphatic heterocycles. The third-order valence-corrected chi connectivity index (χ3v) is 4.15. The van der Waals surface area contributed by atoms with Crippen LogP contribution in [0.4, 0.5) is 17.1 Å². The van der Waals surface area contributed by atoms with Crippen LogP contribution in [-0.2, 0) is 17.8 Å². The molecule has 0 saturated carbocycles. The molecule has 0 saturated heterocycles. The molecule has 1 aliphatic rings. The Hall–Kier alpha value is -2.01. The van der Waals surface area contributed by atoms with Crippen LogP contribution in [0, 0.1) is 0 Å². The number of nitrogens with two attached hydrogens (primary N) is 1. The first kappa shape index (κ1) is 13.9. The highest BCUT2D eigenvalue weighted by atomic mass is 79.9. The van der Waals surface area contributed by atoms with Gasteiger partial charge in [-0.2, -0.15) is 0 Å². The van der Waals surface area contributed by atoms with E-state index in [1.165, 1.54) is 5.56 Å². The van der Waals surface area contributed by atoms with Crippen molar-refractivity contribution in [2.75, 3.05) is 23.0 Å². The van der Waals surface area contributed by atoms with E-state index in [4.69, 9.17) is 5.73 Å². The van der Waals surface area contributed by atoms with Crippen molar-refractivity contribution in [3.05, 3.63) is 52.0 Å². The number of rotatable bonds is 3. The maximum atomic E-state index is 11.4. The minimum absolute atomic E-state index is 0.0251. The number of fused-ring (bicyclic) bond motifs is 1. The van der Waals surface area contributed by atoms with Crippen LogP contribution in [0.5, 0.6) is 0 Å². The molecule has 0 bridgehead atoms. The number of halogens is 1. The van der Waals surface area contributed by atoms with Crippen LogP contribution in [0.15, 0.2) is 40.9 Å². The Kier molecular flexibility index (Phi) is 3.59. The number of nitrogens with one attached hydrogen (secondary N) is 1. The van der Waals surface area contributed by atoms with E-state index in [1.807, 2.05) is 31.3 Å². The van der Waals surface area contributed by atoms with Gasteiger partial charge in [0.1, 0.15) is 0 Å². The van der Waals surface area contributed by atoms with Gasteiger partial charge in [-0.15, -0.1) is 0 Å². The molecule has 1 heterocycles. The van der Waals surface area contributed by atoms with Crippen LogP contribution in [0.1, 0.15) is 11.1 Å². The number of benzene rings is 2. The Balaban J connectivity index is 1.85. The van der Waals surface area contributed by atoms with E-state index < -0.39 is 0 Å². The van der Waals surface area contributed by atoms with Crippen molar-refractivity contribution in [2.45, 2.75) is 13.0 Å². The molecule has 0 spiro atoms. The predicted octanol–water partition coefficient (Wildman–Crippen LogP) is 3.16. The van der Waals surface area contributed by atoms with Gasteiger partial charge in [0.15, 0.2) is 0 Å². The SMILES string of the molecule is CN(Cc1ccc(Br)cc1)c1cc2c(cc1N)CC(=O)N2. The average Bonchev–Trinajstić information content (AvgIpc) is 2.79. The van der Waals surface area contributed by atoms with Gasteiger partial charge in [-0.3, -0.25) is 4.79 Å². The van der Waals surface area contributed by atoms with Gasteiger partial charge < -0.3 is 16.0 Å². The monoisotopic (exact) mass is 345 g/mol. The van der Waals surface area contributed by atoms with Crippen molar-refractivity contribution in [1.82, 2.24) is 0 Å². The fourth-order valence-electron chi connectivity index (χ4n) is 2.56. The van der Waals surface area contributed by atoms with Crippen LogP contribution < -0.4 is 16.0 Å². The van der Waals surface area contributed by atoms with Crippen LogP contribution in [0.25, 0.3) is 0 Å². The van der Waals surface area contributed by atoms with Crippen LogP contribution in [-0.4, -0.2) is 13.0 Å². The lowest BCUT2D eigenvalue weighted by Gasteiger charge is -2.22. The predicted molar refractivity (Wildman–Crippen MR) is 89.4 cm³/mol. The molecule has 5 heteroatoms. The van der Waals surface area contributed by atoms with Gasteiger partial charge in [0.05, 0.1) is 17.8 Å². The molecule has 0 radical (unpaired) electrons. The molecular weight excluding hydrogens is 330 g/mol. The first-order valence-corrected chi connectivity index (χ1v) is 7.50. The second-order valence-electron chi connectivity index (χ2n) is 5.28. The molecule has 0 aromatic heterocycles. The number of amides is 1. The number of nitrogens with zero attached hydrogens (tertiary/aromatic N) is 1. The van der Waals surface area contributed by atoms with E-state index in [-0.39, 0.29) is 5.91 Å². The van der Waals surface area contributed by atoms with Gasteiger partial charge in [0.2, 0.25) is 5.91 Å². The maximum Gasteiger partial charge on any atom is 0.228 e. The number of carbonyl (C=O) groups excluding carboxylic acids is 1. The lowest BCUT2D eigenvalue weighted by atomic mass is 10.1. The first-order valence-electron chi connectivity index (χ1n) is 6.71. The quantitative estimate of drug-likeness (QED) is 0.840. The zero-order valence-electron chi connectivity index (χ0n) is 11.7. The van der Waals surface area contributed by atoms with Crippen LogP contribution in [0.3, 0.4) is 0 Å². The topological polar surface area (TPSA) is 58.4 Å². The molecular formula is C16H16BrN3O. The second-order valence-corrected chi connectivity index (χ2v) is 6.19. The molecule has 2 aromatic carbocycles. The highest BCUT2D eigenvalue weighted by molar-refractivity contribution is 9.10. The fraction of sp³-hybridized carbons (Fsp3) is 0.188. The molecule has 3 rings (SSSR count).